The van der Waals surface area contributed by atoms with Crippen LogP contribution in [-0.2, 0) is 13.9 Å². The molecule has 6 nitrogen and oxygen atoms in total. The van der Waals surface area contributed by atoms with Gasteiger partial charge in [0.2, 0.25) is 0 Å². The fourth-order valence-corrected chi connectivity index (χ4v) is 2.75. The Bertz CT molecular complexity index is 369. The van der Waals surface area contributed by atoms with Crippen molar-refractivity contribution >= 4 is 16.2 Å². The second-order valence-corrected chi connectivity index (χ2v) is 11.4. The molecular weight excluding hydrogens is 273 g/mol. The first-order valence-electron chi connectivity index (χ1n) is 6.85. The van der Waals surface area contributed by atoms with Gasteiger partial charge in [-0.15, -0.1) is 0 Å². The van der Waals surface area contributed by atoms with E-state index in [2.05, 4.69) is 43.9 Å². The molecule has 0 aromatic rings. The maximum Gasteiger partial charge on any atom is 0.192 e. The summed E-state index contributed by atoms with van der Waals surface area (Å²) in [5, 5.41) is 3.52. The number of nitrogens with zero attached hydrogens (tertiary/aromatic N) is 3. The molecular formula is C12H24BN3O3Si. The molecule has 2 radical (unpaired) electrons. The van der Waals surface area contributed by atoms with Crippen molar-refractivity contribution in [2.45, 2.75) is 63.5 Å². The van der Waals surface area contributed by atoms with Crippen LogP contribution in [-0.4, -0.2) is 47.7 Å². The normalized spacial score (nSPS) is 27.4. The van der Waals surface area contributed by atoms with Gasteiger partial charge in [-0.05, 0) is 30.1 Å². The fourth-order valence-electron chi connectivity index (χ4n) is 1.73. The third-order valence-electron chi connectivity index (χ3n) is 4.05. The summed E-state index contributed by atoms with van der Waals surface area (Å²) in [4.78, 5) is 2.66. The summed E-state index contributed by atoms with van der Waals surface area (Å²) in [7, 11) is 3.97. The summed E-state index contributed by atoms with van der Waals surface area (Å²) in [6.45, 7) is 11.4. The highest BCUT2D eigenvalue weighted by Crippen LogP contribution is 2.37. The van der Waals surface area contributed by atoms with Crippen LogP contribution < -0.4 is 0 Å². The summed E-state index contributed by atoms with van der Waals surface area (Å²) < 4.78 is 17.3. The van der Waals surface area contributed by atoms with E-state index < -0.39 is 8.32 Å². The molecule has 1 heterocycles. The molecule has 1 saturated heterocycles. The van der Waals surface area contributed by atoms with Gasteiger partial charge >= 0.3 is 0 Å². The van der Waals surface area contributed by atoms with Crippen molar-refractivity contribution < 1.29 is 13.9 Å². The van der Waals surface area contributed by atoms with Gasteiger partial charge in [-0.25, -0.2) is 0 Å². The minimum Gasteiger partial charge on any atom is -0.414 e. The van der Waals surface area contributed by atoms with Crippen LogP contribution in [0.4, 0.5) is 0 Å². The van der Waals surface area contributed by atoms with Gasteiger partial charge in [-0.2, -0.15) is 0 Å². The quantitative estimate of drug-likeness (QED) is 0.327. The van der Waals surface area contributed by atoms with Crippen LogP contribution in [0.25, 0.3) is 10.4 Å². The van der Waals surface area contributed by atoms with E-state index in [1.165, 1.54) is 0 Å². The van der Waals surface area contributed by atoms with Gasteiger partial charge in [-0.3, -0.25) is 0 Å². The first kappa shape index (κ1) is 17.5. The Morgan fingerprint density at radius 2 is 2.10 bits per heavy atom. The fraction of sp³-hybridized carbons (Fsp3) is 1.00. The van der Waals surface area contributed by atoms with E-state index in [1.54, 1.807) is 0 Å². The van der Waals surface area contributed by atoms with E-state index >= 15 is 0 Å². The lowest BCUT2D eigenvalue weighted by atomic mass is 9.96. The zero-order valence-corrected chi connectivity index (χ0v) is 14.0. The SMILES string of the molecule is [B][C@H]1C[C@@H](OCN=[N+]=[N-])C(CO[Si](C)(C)C(C)(C)C)O1. The molecule has 0 bridgehead atoms. The lowest BCUT2D eigenvalue weighted by Gasteiger charge is -2.37. The van der Waals surface area contributed by atoms with Gasteiger partial charge in [0.1, 0.15) is 20.7 Å². The summed E-state index contributed by atoms with van der Waals surface area (Å²) in [5.74, 6) is 0. The topological polar surface area (TPSA) is 76.5 Å². The molecule has 0 spiro atoms. The molecule has 8 heteroatoms. The minimum atomic E-state index is -1.82. The van der Waals surface area contributed by atoms with Crippen LogP contribution >= 0.6 is 0 Å². The van der Waals surface area contributed by atoms with Crippen molar-refractivity contribution in [2.75, 3.05) is 13.3 Å². The molecule has 0 saturated carbocycles. The second-order valence-electron chi connectivity index (χ2n) is 6.59. The molecule has 0 N–H and O–H groups in total. The maximum absolute atomic E-state index is 8.26. The van der Waals surface area contributed by atoms with Crippen molar-refractivity contribution in [3.8, 4) is 0 Å². The molecule has 0 aromatic carbocycles. The Hall–Kier alpha value is -0.528. The molecule has 1 unspecified atom stereocenters. The first-order valence-corrected chi connectivity index (χ1v) is 9.75. The third kappa shape index (κ3) is 4.79. The van der Waals surface area contributed by atoms with Crippen molar-refractivity contribution in [3.05, 3.63) is 10.4 Å². The smallest absolute Gasteiger partial charge is 0.192 e. The van der Waals surface area contributed by atoms with Gasteiger partial charge in [-0.1, -0.05) is 25.9 Å². The Morgan fingerprint density at radius 3 is 2.65 bits per heavy atom. The standard InChI is InChI=1S/C12H24BN3O3Si/c1-12(2,3)20(4,5)18-7-10-9(6-11(13)19-10)17-8-15-16-14/h9-11H,6-8H2,1-5H3/t9-,10?,11-/m1/s1. The summed E-state index contributed by atoms with van der Waals surface area (Å²) in [5.41, 5.74) is 8.26. The molecule has 1 aliphatic rings. The maximum atomic E-state index is 8.26. The summed E-state index contributed by atoms with van der Waals surface area (Å²) in [6.07, 6.45) is 0.209. The van der Waals surface area contributed by atoms with E-state index in [0.717, 1.165) is 0 Å². The molecule has 0 aromatic heterocycles. The Labute approximate surface area is 123 Å². The molecule has 20 heavy (non-hydrogen) atoms. The highest BCUT2D eigenvalue weighted by atomic mass is 28.4. The molecule has 3 atom stereocenters. The van der Waals surface area contributed by atoms with Crippen molar-refractivity contribution in [3.63, 3.8) is 0 Å². The molecule has 0 amide bonds. The molecule has 1 fully saturated rings. The Morgan fingerprint density at radius 1 is 1.45 bits per heavy atom. The van der Waals surface area contributed by atoms with Crippen molar-refractivity contribution in [1.29, 1.82) is 0 Å². The highest BCUT2D eigenvalue weighted by molar-refractivity contribution is 6.74. The molecule has 0 aliphatic carbocycles. The van der Waals surface area contributed by atoms with Gasteiger partial charge in [0.05, 0.1) is 12.7 Å². The van der Waals surface area contributed by atoms with Crippen LogP contribution in [0.3, 0.4) is 0 Å². The number of azide groups is 1. The van der Waals surface area contributed by atoms with E-state index in [0.29, 0.717) is 13.0 Å². The molecule has 1 rings (SSSR count). The van der Waals surface area contributed by atoms with Gasteiger partial charge in [0.25, 0.3) is 0 Å². The highest BCUT2D eigenvalue weighted by Gasteiger charge is 2.40. The lowest BCUT2D eigenvalue weighted by Crippen LogP contribution is -2.44. The van der Waals surface area contributed by atoms with E-state index in [9.17, 15) is 0 Å². The minimum absolute atomic E-state index is 0.00611. The Kier molecular flexibility index (Phi) is 6.09. The average molecular weight is 297 g/mol. The van der Waals surface area contributed by atoms with E-state index in [-0.39, 0.29) is 30.0 Å². The zero-order valence-electron chi connectivity index (χ0n) is 13.0. The number of ether oxygens (including phenoxy) is 2. The van der Waals surface area contributed by atoms with E-state index in [4.69, 9.17) is 27.3 Å². The van der Waals surface area contributed by atoms with Crippen molar-refractivity contribution in [1.82, 2.24) is 0 Å². The molecule has 112 valence electrons. The van der Waals surface area contributed by atoms with Crippen LogP contribution in [0.1, 0.15) is 27.2 Å². The predicted octanol–water partition coefficient (Wildman–Crippen LogP) is 2.94. The van der Waals surface area contributed by atoms with Gasteiger partial charge < -0.3 is 13.9 Å². The summed E-state index contributed by atoms with van der Waals surface area (Å²) >= 11 is 0. The first-order chi connectivity index (χ1) is 9.17. The third-order valence-corrected chi connectivity index (χ3v) is 8.55. The largest absolute Gasteiger partial charge is 0.414 e. The second kappa shape index (κ2) is 6.96. The van der Waals surface area contributed by atoms with Gasteiger partial charge in [0.15, 0.2) is 8.32 Å². The van der Waals surface area contributed by atoms with Crippen LogP contribution in [0, 0.1) is 0 Å². The zero-order chi connectivity index (χ0) is 15.4. The van der Waals surface area contributed by atoms with Crippen LogP contribution in [0.5, 0.6) is 0 Å². The van der Waals surface area contributed by atoms with Gasteiger partial charge in [0, 0.05) is 10.9 Å². The van der Waals surface area contributed by atoms with Crippen molar-refractivity contribution in [2.24, 2.45) is 5.11 Å². The Balaban J connectivity index is 2.54. The number of rotatable bonds is 6. The van der Waals surface area contributed by atoms with E-state index in [1.807, 2.05) is 0 Å². The number of hydrogen-bond donors (Lipinski definition) is 0. The predicted molar refractivity (Wildman–Crippen MR) is 81.1 cm³/mol. The van der Waals surface area contributed by atoms with Crippen LogP contribution in [0.2, 0.25) is 18.1 Å². The molecule has 1 aliphatic heterocycles. The monoisotopic (exact) mass is 297 g/mol. The van der Waals surface area contributed by atoms with Crippen LogP contribution in [0.15, 0.2) is 5.11 Å². The lowest BCUT2D eigenvalue weighted by molar-refractivity contribution is -0.0329. The number of hydrogen-bond acceptors (Lipinski definition) is 4. The average Bonchev–Trinajstić information content (AvgIpc) is 2.66. The summed E-state index contributed by atoms with van der Waals surface area (Å²) in [6, 6.07) is -0.348.